The lowest BCUT2D eigenvalue weighted by Crippen LogP contribution is -2.23. The molecular weight excluding hydrogens is 257 g/mol. The molecule has 0 spiro atoms. The molecule has 1 N–H and O–H groups in total. The number of likely N-dealkylation sites (N-methyl/N-ethyl adjacent to an activating group) is 1. The van der Waals surface area contributed by atoms with E-state index < -0.39 is 0 Å². The first kappa shape index (κ1) is 14.3. The Morgan fingerprint density at radius 1 is 1.10 bits per heavy atom. The highest BCUT2D eigenvalue weighted by Gasteiger charge is 2.11. The maximum Gasteiger partial charge on any atom is 0.126 e. The zero-order chi connectivity index (χ0) is 14.4. The molecule has 2 aromatic carbocycles. The fourth-order valence-corrected chi connectivity index (χ4v) is 1.94. The number of ether oxygens (including phenoxy) is 2. The van der Waals surface area contributed by atoms with E-state index >= 15 is 0 Å². The summed E-state index contributed by atoms with van der Waals surface area (Å²) >= 11 is 0. The Balaban J connectivity index is 2.05. The van der Waals surface area contributed by atoms with Crippen LogP contribution in [0, 0.1) is 5.82 Å². The van der Waals surface area contributed by atoms with Gasteiger partial charge in [-0.15, -0.1) is 0 Å². The Bertz CT molecular complexity index is 560. The van der Waals surface area contributed by atoms with Gasteiger partial charge in [-0.05, 0) is 36.9 Å². The minimum absolute atomic E-state index is 0.00775. The molecule has 0 aromatic heterocycles. The van der Waals surface area contributed by atoms with E-state index in [1.807, 2.05) is 31.3 Å². The van der Waals surface area contributed by atoms with Crippen molar-refractivity contribution in [3.05, 3.63) is 59.9 Å². The van der Waals surface area contributed by atoms with Crippen molar-refractivity contribution in [2.24, 2.45) is 0 Å². The van der Waals surface area contributed by atoms with Crippen molar-refractivity contribution in [1.29, 1.82) is 0 Å². The molecule has 2 rings (SSSR count). The summed E-state index contributed by atoms with van der Waals surface area (Å²) in [6.07, 6.45) is 0. The van der Waals surface area contributed by atoms with Gasteiger partial charge in [-0.1, -0.05) is 18.2 Å². The van der Waals surface area contributed by atoms with Gasteiger partial charge < -0.3 is 14.8 Å². The van der Waals surface area contributed by atoms with E-state index in [4.69, 9.17) is 9.47 Å². The van der Waals surface area contributed by atoms with E-state index in [-0.39, 0.29) is 11.9 Å². The fraction of sp³-hybridized carbons (Fsp3) is 0.250. The van der Waals surface area contributed by atoms with Crippen LogP contribution in [-0.4, -0.2) is 20.8 Å². The molecule has 4 heteroatoms. The third-order valence-electron chi connectivity index (χ3n) is 3.06. The quantitative estimate of drug-likeness (QED) is 0.878. The van der Waals surface area contributed by atoms with Crippen LogP contribution in [0.25, 0.3) is 0 Å². The summed E-state index contributed by atoms with van der Waals surface area (Å²) in [5, 5.41) is 3.18. The maximum absolute atomic E-state index is 13.1. The zero-order valence-electron chi connectivity index (χ0n) is 11.6. The van der Waals surface area contributed by atoms with E-state index in [2.05, 4.69) is 5.32 Å². The molecule has 3 nitrogen and oxygen atoms in total. The van der Waals surface area contributed by atoms with Gasteiger partial charge in [0.05, 0.1) is 13.2 Å². The Hall–Kier alpha value is -2.07. The van der Waals surface area contributed by atoms with Crippen molar-refractivity contribution in [2.45, 2.75) is 6.04 Å². The summed E-state index contributed by atoms with van der Waals surface area (Å²) < 4.78 is 23.9. The van der Waals surface area contributed by atoms with Crippen LogP contribution < -0.4 is 14.8 Å². The van der Waals surface area contributed by atoms with Crippen molar-refractivity contribution in [2.75, 3.05) is 20.8 Å². The van der Waals surface area contributed by atoms with Gasteiger partial charge in [0.15, 0.2) is 0 Å². The van der Waals surface area contributed by atoms with Crippen molar-refractivity contribution < 1.29 is 13.9 Å². The van der Waals surface area contributed by atoms with Gasteiger partial charge in [-0.3, -0.25) is 0 Å². The molecular formula is C16H18FNO2. The molecule has 0 aliphatic carbocycles. The highest BCUT2D eigenvalue weighted by molar-refractivity contribution is 5.31. The van der Waals surface area contributed by atoms with Crippen LogP contribution in [0.15, 0.2) is 48.5 Å². The van der Waals surface area contributed by atoms with Gasteiger partial charge in [0.1, 0.15) is 23.9 Å². The number of hydrogen-bond acceptors (Lipinski definition) is 3. The average molecular weight is 275 g/mol. The first-order chi connectivity index (χ1) is 9.72. The summed E-state index contributed by atoms with van der Waals surface area (Å²) in [6, 6.07) is 13.9. The van der Waals surface area contributed by atoms with Gasteiger partial charge in [-0.2, -0.15) is 0 Å². The van der Waals surface area contributed by atoms with Crippen LogP contribution in [0.3, 0.4) is 0 Å². The third kappa shape index (κ3) is 3.71. The van der Waals surface area contributed by atoms with Crippen LogP contribution in [0.1, 0.15) is 11.6 Å². The van der Waals surface area contributed by atoms with Gasteiger partial charge in [-0.25, -0.2) is 4.39 Å². The lowest BCUT2D eigenvalue weighted by Gasteiger charge is -2.18. The monoisotopic (exact) mass is 275 g/mol. The van der Waals surface area contributed by atoms with Crippen LogP contribution in [0.4, 0.5) is 4.39 Å². The lowest BCUT2D eigenvalue weighted by molar-refractivity contribution is 0.271. The second-order valence-corrected chi connectivity index (χ2v) is 4.39. The van der Waals surface area contributed by atoms with Crippen molar-refractivity contribution in [1.82, 2.24) is 5.32 Å². The van der Waals surface area contributed by atoms with E-state index in [1.54, 1.807) is 19.2 Å². The number of halogens is 1. The predicted molar refractivity (Wildman–Crippen MR) is 76.7 cm³/mol. The molecule has 0 saturated heterocycles. The highest BCUT2D eigenvalue weighted by Crippen LogP contribution is 2.20. The minimum Gasteiger partial charge on any atom is -0.497 e. The highest BCUT2D eigenvalue weighted by atomic mass is 19.1. The van der Waals surface area contributed by atoms with E-state index in [1.165, 1.54) is 12.1 Å². The van der Waals surface area contributed by atoms with Crippen LogP contribution in [-0.2, 0) is 0 Å². The van der Waals surface area contributed by atoms with Crippen LogP contribution in [0.5, 0.6) is 11.5 Å². The Morgan fingerprint density at radius 2 is 1.85 bits per heavy atom. The molecule has 0 aliphatic heterocycles. The predicted octanol–water partition coefficient (Wildman–Crippen LogP) is 3.17. The Morgan fingerprint density at radius 3 is 2.55 bits per heavy atom. The number of nitrogens with one attached hydrogen (secondary N) is 1. The normalized spacial score (nSPS) is 11.9. The third-order valence-corrected chi connectivity index (χ3v) is 3.06. The topological polar surface area (TPSA) is 30.5 Å². The van der Waals surface area contributed by atoms with E-state index in [0.29, 0.717) is 12.4 Å². The standard InChI is InChI=1S/C16H18FNO2/c1-18-16(12-5-3-7-14(9-12)19-2)11-20-15-8-4-6-13(17)10-15/h3-10,16,18H,11H2,1-2H3. The number of rotatable bonds is 6. The Labute approximate surface area is 118 Å². The molecule has 0 heterocycles. The molecule has 0 bridgehead atoms. The molecule has 0 aliphatic rings. The van der Waals surface area contributed by atoms with Crippen molar-refractivity contribution in [3.63, 3.8) is 0 Å². The zero-order valence-corrected chi connectivity index (χ0v) is 11.6. The molecule has 0 radical (unpaired) electrons. The molecule has 0 amide bonds. The summed E-state index contributed by atoms with van der Waals surface area (Å²) in [6.45, 7) is 0.410. The number of methoxy groups -OCH3 is 1. The molecule has 2 aromatic rings. The smallest absolute Gasteiger partial charge is 0.126 e. The van der Waals surface area contributed by atoms with Gasteiger partial charge in [0, 0.05) is 6.07 Å². The first-order valence-corrected chi connectivity index (χ1v) is 6.42. The first-order valence-electron chi connectivity index (χ1n) is 6.42. The number of benzene rings is 2. The number of hydrogen-bond donors (Lipinski definition) is 1. The molecule has 20 heavy (non-hydrogen) atoms. The molecule has 1 unspecified atom stereocenters. The second-order valence-electron chi connectivity index (χ2n) is 4.39. The molecule has 106 valence electrons. The second kappa shape index (κ2) is 6.91. The van der Waals surface area contributed by atoms with Gasteiger partial charge >= 0.3 is 0 Å². The summed E-state index contributed by atoms with van der Waals surface area (Å²) in [5.41, 5.74) is 1.06. The lowest BCUT2D eigenvalue weighted by atomic mass is 10.1. The summed E-state index contributed by atoms with van der Waals surface area (Å²) in [4.78, 5) is 0. The summed E-state index contributed by atoms with van der Waals surface area (Å²) in [7, 11) is 3.50. The van der Waals surface area contributed by atoms with Gasteiger partial charge in [0.2, 0.25) is 0 Å². The van der Waals surface area contributed by atoms with E-state index in [0.717, 1.165) is 11.3 Å². The summed E-state index contributed by atoms with van der Waals surface area (Å²) in [5.74, 6) is 1.02. The SMILES string of the molecule is CNC(COc1cccc(F)c1)c1cccc(OC)c1. The molecule has 0 fully saturated rings. The Kier molecular flexibility index (Phi) is 4.96. The largest absolute Gasteiger partial charge is 0.497 e. The average Bonchev–Trinajstić information content (AvgIpc) is 2.48. The van der Waals surface area contributed by atoms with Gasteiger partial charge in [0.25, 0.3) is 0 Å². The maximum atomic E-state index is 13.1. The van der Waals surface area contributed by atoms with Crippen molar-refractivity contribution >= 4 is 0 Å². The van der Waals surface area contributed by atoms with Crippen LogP contribution >= 0.6 is 0 Å². The minimum atomic E-state index is -0.301. The molecule has 0 saturated carbocycles. The molecule has 1 atom stereocenters. The van der Waals surface area contributed by atoms with Crippen LogP contribution in [0.2, 0.25) is 0 Å². The van der Waals surface area contributed by atoms with Crippen molar-refractivity contribution in [3.8, 4) is 11.5 Å². The fourth-order valence-electron chi connectivity index (χ4n) is 1.94. The van der Waals surface area contributed by atoms with E-state index in [9.17, 15) is 4.39 Å².